The molecule has 6 aliphatic rings. The SMILES string of the molecule is CCC12C(=O)C34C5C[C@H](Cc6ccc(Cl)cc6)N(C)C3[C@@H](COC)NC4[C@H](C)N(Cc3ccc(Cl)cc3Oc3ccc(-c4cnc([C@H](C)N6CCCC6)n4C)cc3)C1C[C@@H](C)C2N(C)[C@@H](C)CN5. The number of halogens is 2. The van der Waals surface area contributed by atoms with Crippen LogP contribution >= 0.6 is 23.2 Å². The van der Waals surface area contributed by atoms with E-state index in [9.17, 15) is 0 Å². The van der Waals surface area contributed by atoms with E-state index in [1.54, 1.807) is 7.11 Å². The molecule has 1 saturated carbocycles. The molecule has 68 heavy (non-hydrogen) atoms. The number of piperidine rings is 1. The molecular formula is C55H74Cl2N8O3. The average molecular weight is 966 g/mol. The first-order chi connectivity index (χ1) is 32.7. The van der Waals surface area contributed by atoms with E-state index in [2.05, 4.69) is 133 Å². The Labute approximate surface area is 415 Å². The van der Waals surface area contributed by atoms with E-state index < -0.39 is 10.8 Å². The Morgan fingerprint density at radius 1 is 0.912 bits per heavy atom. The van der Waals surface area contributed by atoms with Gasteiger partial charge in [-0.25, -0.2) is 4.98 Å². The fourth-order valence-electron chi connectivity index (χ4n) is 15.0. The molecule has 1 aliphatic carbocycles. The lowest BCUT2D eigenvalue weighted by atomic mass is 9.54. The van der Waals surface area contributed by atoms with Crippen molar-refractivity contribution in [1.82, 2.24) is 39.8 Å². The summed E-state index contributed by atoms with van der Waals surface area (Å²) in [6.45, 7) is 15.9. The predicted octanol–water partition coefficient (Wildman–Crippen LogP) is 8.87. The molecule has 366 valence electrons. The van der Waals surface area contributed by atoms with Crippen LogP contribution in [0.1, 0.15) is 89.7 Å². The average Bonchev–Trinajstić information content (AvgIpc) is 4.13. The molecule has 0 radical (unpaired) electrons. The summed E-state index contributed by atoms with van der Waals surface area (Å²) in [5.41, 5.74) is 3.12. The monoisotopic (exact) mass is 965 g/mol. The third-order valence-corrected chi connectivity index (χ3v) is 18.8. The number of methoxy groups -OCH3 is 1. The maximum absolute atomic E-state index is 17.1. The summed E-state index contributed by atoms with van der Waals surface area (Å²) in [5, 5.41) is 9.77. The molecule has 11 nitrogen and oxygen atoms in total. The summed E-state index contributed by atoms with van der Waals surface area (Å²) in [6, 6.07) is 23.2. The van der Waals surface area contributed by atoms with E-state index >= 15 is 4.79 Å². The number of likely N-dealkylation sites (N-methyl/N-ethyl adjacent to an activating group) is 2. The van der Waals surface area contributed by atoms with Gasteiger partial charge in [-0.3, -0.25) is 24.4 Å². The highest BCUT2D eigenvalue weighted by Gasteiger charge is 2.76. The number of nitrogens with one attached hydrogen (secondary N) is 2. The molecule has 13 heteroatoms. The van der Waals surface area contributed by atoms with Crippen molar-refractivity contribution in [2.45, 2.75) is 140 Å². The standard InChI is InChI=1S/C55H74Cl2N8O3/c1-10-54-48-25-33(2)50(54)61(6)34(3)29-58-47-28-42(26-37-13-18-40(56)19-14-37)62(7)51-44(32-67-9)60-49(55(47,51)53(54)66)35(4)65(48)31-39-15-20-41(57)27-46(39)68-43-21-16-38(17-22-43)45-30-59-52(63(45)8)36(5)64-23-11-12-24-64/h13-22,27,30,33-36,42,44,47-51,58,60H,10-12,23-26,28-29,31-32H2,1-9H3/t33-,34+,35+,36+,42+,44-,47?,48?,49?,50?,51?,54?,55?/m1/s1. The zero-order valence-corrected chi connectivity index (χ0v) is 43.2. The van der Waals surface area contributed by atoms with E-state index in [1.165, 1.54) is 18.4 Å². The van der Waals surface area contributed by atoms with Gasteiger partial charge in [0.05, 0.1) is 35.4 Å². The van der Waals surface area contributed by atoms with Crippen molar-refractivity contribution in [2.24, 2.45) is 23.8 Å². The van der Waals surface area contributed by atoms with Gasteiger partial charge in [0, 0.05) is 103 Å². The third kappa shape index (κ3) is 7.80. The second kappa shape index (κ2) is 19.0. The summed E-state index contributed by atoms with van der Waals surface area (Å²) in [7, 11) is 8.49. The Bertz CT molecular complexity index is 2450. The zero-order chi connectivity index (χ0) is 47.8. The van der Waals surface area contributed by atoms with Gasteiger partial charge in [0.15, 0.2) is 5.78 Å². The van der Waals surface area contributed by atoms with Gasteiger partial charge in [0.25, 0.3) is 0 Å². The quantitative estimate of drug-likeness (QED) is 0.144. The van der Waals surface area contributed by atoms with Crippen molar-refractivity contribution in [3.63, 3.8) is 0 Å². The van der Waals surface area contributed by atoms with Crippen LogP contribution in [-0.2, 0) is 29.5 Å². The fraction of sp³-hybridized carbons (Fsp3) is 0.600. The van der Waals surface area contributed by atoms with Crippen molar-refractivity contribution in [3.05, 3.63) is 99.9 Å². The molecule has 10 rings (SSSR count). The molecule has 6 fully saturated rings. The normalized spacial score (nSPS) is 34.9. The summed E-state index contributed by atoms with van der Waals surface area (Å²) in [4.78, 5) is 32.4. The predicted molar refractivity (Wildman–Crippen MR) is 273 cm³/mol. The van der Waals surface area contributed by atoms with Gasteiger partial charge in [-0.05, 0) is 146 Å². The molecule has 5 saturated heterocycles. The van der Waals surface area contributed by atoms with E-state index in [1.807, 2.05) is 30.5 Å². The molecule has 1 spiro atoms. The Morgan fingerprint density at radius 2 is 1.63 bits per heavy atom. The highest BCUT2D eigenvalue weighted by molar-refractivity contribution is 6.31. The lowest BCUT2D eigenvalue weighted by molar-refractivity contribution is -0.154. The summed E-state index contributed by atoms with van der Waals surface area (Å²) in [6.07, 6.45) is 7.94. The molecule has 5 aliphatic heterocycles. The maximum atomic E-state index is 17.1. The van der Waals surface area contributed by atoms with Crippen LogP contribution in [0.25, 0.3) is 11.3 Å². The van der Waals surface area contributed by atoms with Gasteiger partial charge in [-0.15, -0.1) is 0 Å². The number of rotatable bonds is 12. The first-order valence-corrected chi connectivity index (χ1v) is 26.3. The minimum atomic E-state index is -0.730. The van der Waals surface area contributed by atoms with Crippen molar-refractivity contribution in [2.75, 3.05) is 47.4 Å². The van der Waals surface area contributed by atoms with Gasteiger partial charge in [0.1, 0.15) is 17.3 Å². The number of nitrogens with zero attached hydrogens (tertiary/aromatic N) is 6. The number of hydrogen-bond donors (Lipinski definition) is 2. The summed E-state index contributed by atoms with van der Waals surface area (Å²) in [5.74, 6) is 3.31. The Morgan fingerprint density at radius 3 is 2.34 bits per heavy atom. The smallest absolute Gasteiger partial charge is 0.153 e. The number of aromatic nitrogens is 2. The summed E-state index contributed by atoms with van der Waals surface area (Å²) < 4.78 is 15.2. The number of hydrogen-bond acceptors (Lipinski definition) is 10. The maximum Gasteiger partial charge on any atom is 0.153 e. The van der Waals surface area contributed by atoms with Crippen molar-refractivity contribution >= 4 is 29.0 Å². The topological polar surface area (TPSA) is 90.4 Å². The second-order valence-corrected chi connectivity index (χ2v) is 22.5. The molecule has 6 heterocycles. The van der Waals surface area contributed by atoms with Gasteiger partial charge < -0.3 is 24.7 Å². The van der Waals surface area contributed by atoms with Crippen LogP contribution in [-0.4, -0.2) is 137 Å². The van der Waals surface area contributed by atoms with E-state index in [0.717, 1.165) is 84.5 Å². The number of carbonyl (C=O) groups excluding carboxylic acids is 1. The van der Waals surface area contributed by atoms with Crippen LogP contribution in [0.4, 0.5) is 0 Å². The van der Waals surface area contributed by atoms with E-state index in [0.29, 0.717) is 29.9 Å². The summed E-state index contributed by atoms with van der Waals surface area (Å²) >= 11 is 13.2. The lowest BCUT2D eigenvalue weighted by Gasteiger charge is -2.57. The fourth-order valence-corrected chi connectivity index (χ4v) is 15.3. The highest BCUT2D eigenvalue weighted by atomic mass is 35.5. The highest BCUT2D eigenvalue weighted by Crippen LogP contribution is 2.62. The van der Waals surface area contributed by atoms with Gasteiger partial charge >= 0.3 is 0 Å². The van der Waals surface area contributed by atoms with Crippen molar-refractivity contribution in [3.8, 4) is 22.8 Å². The lowest BCUT2D eigenvalue weighted by Crippen LogP contribution is -2.73. The van der Waals surface area contributed by atoms with Gasteiger partial charge in [-0.1, -0.05) is 55.2 Å². The Balaban J connectivity index is 1.02. The third-order valence-electron chi connectivity index (χ3n) is 18.3. The second-order valence-electron chi connectivity index (χ2n) is 21.6. The van der Waals surface area contributed by atoms with Gasteiger partial charge in [0.2, 0.25) is 0 Å². The number of benzene rings is 3. The van der Waals surface area contributed by atoms with Crippen LogP contribution in [0, 0.1) is 16.7 Å². The van der Waals surface area contributed by atoms with Crippen LogP contribution in [0.3, 0.4) is 0 Å². The minimum absolute atomic E-state index is 0.00332. The molecule has 4 aromatic rings. The molecule has 0 amide bonds. The largest absolute Gasteiger partial charge is 0.457 e. The molecule has 7 unspecified atom stereocenters. The number of ketones is 1. The minimum Gasteiger partial charge on any atom is -0.457 e. The van der Waals surface area contributed by atoms with Crippen LogP contribution < -0.4 is 15.4 Å². The molecule has 1 aromatic heterocycles. The van der Waals surface area contributed by atoms with Crippen LogP contribution in [0.5, 0.6) is 11.5 Å². The Kier molecular flexibility index (Phi) is 13.5. The number of likely N-dealkylation sites (tertiary alicyclic amines) is 3. The molecule has 3 aromatic carbocycles. The number of carbonyl (C=O) groups is 1. The van der Waals surface area contributed by atoms with E-state index in [4.69, 9.17) is 37.7 Å². The molecule has 2 N–H and O–H groups in total. The molecular weight excluding hydrogens is 892 g/mol. The number of imidazole rings is 1. The first-order valence-electron chi connectivity index (χ1n) is 25.5. The number of ether oxygens (including phenoxy) is 2. The molecule has 2 bridgehead atoms. The zero-order valence-electron chi connectivity index (χ0n) is 41.7. The van der Waals surface area contributed by atoms with Crippen LogP contribution in [0.15, 0.2) is 72.9 Å². The first kappa shape index (κ1) is 48.3. The molecule has 13 atom stereocenters. The number of Topliss-reactive ketones (excluding diaryl/α,β-unsaturated/α-hetero) is 1. The van der Waals surface area contributed by atoms with Crippen molar-refractivity contribution < 1.29 is 14.3 Å². The van der Waals surface area contributed by atoms with Crippen molar-refractivity contribution in [1.29, 1.82) is 0 Å². The van der Waals surface area contributed by atoms with E-state index in [-0.39, 0.29) is 60.4 Å². The van der Waals surface area contributed by atoms with Crippen LogP contribution in [0.2, 0.25) is 10.0 Å². The van der Waals surface area contributed by atoms with Gasteiger partial charge in [-0.2, -0.15) is 0 Å². The Hall–Kier alpha value is -3.36.